The topological polar surface area (TPSA) is 12.9 Å². The number of hydrogen-bond acceptors (Lipinski definition) is 1. The van der Waals surface area contributed by atoms with Crippen molar-refractivity contribution < 1.29 is 13.2 Å². The fraction of sp³-hybridized carbons (Fsp3) is 0.100. The second-order valence-corrected chi connectivity index (χ2v) is 2.82. The molecule has 2 rings (SSSR count). The number of benzene rings is 1. The lowest BCUT2D eigenvalue weighted by Gasteiger charge is -2.06. The van der Waals surface area contributed by atoms with Crippen LogP contribution in [0.2, 0.25) is 0 Å². The Labute approximate surface area is 78.2 Å². The van der Waals surface area contributed by atoms with Gasteiger partial charge in [-0.3, -0.25) is 4.98 Å². The van der Waals surface area contributed by atoms with E-state index in [9.17, 15) is 13.2 Å². The quantitative estimate of drug-likeness (QED) is 0.631. The first kappa shape index (κ1) is 8.99. The molecule has 1 heterocycles. The number of rotatable bonds is 0. The molecule has 4 heteroatoms. The van der Waals surface area contributed by atoms with Gasteiger partial charge in [-0.2, -0.15) is 13.2 Å². The lowest BCUT2D eigenvalue weighted by Crippen LogP contribution is -2.04. The Kier molecular flexibility index (Phi) is 1.91. The van der Waals surface area contributed by atoms with E-state index in [1.165, 1.54) is 18.3 Å². The van der Waals surface area contributed by atoms with Gasteiger partial charge in [-0.15, -0.1) is 0 Å². The highest BCUT2D eigenvalue weighted by molar-refractivity contribution is 5.78. The fourth-order valence-corrected chi connectivity index (χ4v) is 1.19. The van der Waals surface area contributed by atoms with Crippen LogP contribution in [0.25, 0.3) is 10.9 Å². The molecular weight excluding hydrogens is 191 g/mol. The van der Waals surface area contributed by atoms with E-state index in [1.807, 2.05) is 0 Å². The van der Waals surface area contributed by atoms with E-state index >= 15 is 0 Å². The molecule has 0 N–H and O–H groups in total. The Morgan fingerprint density at radius 3 is 2.71 bits per heavy atom. The largest absolute Gasteiger partial charge is 0.416 e. The van der Waals surface area contributed by atoms with Crippen molar-refractivity contribution in [2.75, 3.05) is 0 Å². The minimum Gasteiger partial charge on any atom is -0.256 e. The van der Waals surface area contributed by atoms with Gasteiger partial charge in [0, 0.05) is 11.6 Å². The van der Waals surface area contributed by atoms with Crippen molar-refractivity contribution in [2.24, 2.45) is 0 Å². The first-order valence-electron chi connectivity index (χ1n) is 3.91. The van der Waals surface area contributed by atoms with Gasteiger partial charge in [-0.25, -0.2) is 0 Å². The van der Waals surface area contributed by atoms with Crippen LogP contribution < -0.4 is 0 Å². The molecule has 14 heavy (non-hydrogen) atoms. The SMILES string of the molecule is FC(F)(F)c1ccc2ncc[c]c2c1. The lowest BCUT2D eigenvalue weighted by molar-refractivity contribution is -0.137. The molecule has 0 bridgehead atoms. The van der Waals surface area contributed by atoms with Crippen LogP contribution >= 0.6 is 0 Å². The summed E-state index contributed by atoms with van der Waals surface area (Å²) in [5.41, 5.74) is -0.158. The molecule has 71 valence electrons. The zero-order chi connectivity index (χ0) is 10.2. The molecule has 1 nitrogen and oxygen atoms in total. The Hall–Kier alpha value is -1.58. The number of fused-ring (bicyclic) bond motifs is 1. The molecule has 0 unspecified atom stereocenters. The van der Waals surface area contributed by atoms with Crippen molar-refractivity contribution in [3.63, 3.8) is 0 Å². The number of hydrogen-bond donors (Lipinski definition) is 0. The van der Waals surface area contributed by atoms with E-state index in [2.05, 4.69) is 11.1 Å². The first-order chi connectivity index (χ1) is 6.57. The minimum absolute atomic E-state index is 0.377. The third-order valence-corrected chi connectivity index (χ3v) is 1.85. The summed E-state index contributed by atoms with van der Waals surface area (Å²) in [6.45, 7) is 0. The highest BCUT2D eigenvalue weighted by Gasteiger charge is 2.30. The molecule has 0 spiro atoms. The summed E-state index contributed by atoms with van der Waals surface area (Å²) in [5, 5.41) is 0.377. The zero-order valence-electron chi connectivity index (χ0n) is 6.97. The Balaban J connectivity index is 2.63. The van der Waals surface area contributed by atoms with Crippen molar-refractivity contribution in [1.82, 2.24) is 4.98 Å². The van der Waals surface area contributed by atoms with Gasteiger partial charge in [-0.05, 0) is 30.3 Å². The van der Waals surface area contributed by atoms with Crippen molar-refractivity contribution in [3.8, 4) is 0 Å². The molecule has 0 aliphatic rings. The summed E-state index contributed by atoms with van der Waals surface area (Å²) in [7, 11) is 0. The smallest absolute Gasteiger partial charge is 0.256 e. The number of alkyl halides is 3. The second kappa shape index (κ2) is 2.97. The van der Waals surface area contributed by atoms with Crippen molar-refractivity contribution in [1.29, 1.82) is 0 Å². The molecule has 0 atom stereocenters. The molecule has 0 saturated heterocycles. The lowest BCUT2D eigenvalue weighted by atomic mass is 10.1. The maximum absolute atomic E-state index is 12.3. The second-order valence-electron chi connectivity index (χ2n) is 2.82. The maximum atomic E-state index is 12.3. The van der Waals surface area contributed by atoms with Gasteiger partial charge in [0.05, 0.1) is 11.1 Å². The minimum atomic E-state index is -4.31. The summed E-state index contributed by atoms with van der Waals surface area (Å²) in [6.07, 6.45) is -2.81. The highest BCUT2D eigenvalue weighted by Crippen LogP contribution is 2.30. The third kappa shape index (κ3) is 1.55. The molecule has 2 aromatic rings. The van der Waals surface area contributed by atoms with Gasteiger partial charge in [0.15, 0.2) is 0 Å². The van der Waals surface area contributed by atoms with Crippen LogP contribution in [0, 0.1) is 6.07 Å². The normalized spacial score (nSPS) is 11.9. The van der Waals surface area contributed by atoms with Crippen LogP contribution in [0.4, 0.5) is 13.2 Å². The third-order valence-electron chi connectivity index (χ3n) is 1.85. The van der Waals surface area contributed by atoms with Gasteiger partial charge in [0.2, 0.25) is 0 Å². The van der Waals surface area contributed by atoms with Crippen LogP contribution in [0.15, 0.2) is 30.5 Å². The Morgan fingerprint density at radius 1 is 1.21 bits per heavy atom. The molecule has 1 aromatic carbocycles. The number of halogens is 3. The van der Waals surface area contributed by atoms with Crippen LogP contribution in [0.1, 0.15) is 5.56 Å². The van der Waals surface area contributed by atoms with Gasteiger partial charge in [0.1, 0.15) is 0 Å². The Morgan fingerprint density at radius 2 is 2.00 bits per heavy atom. The fourth-order valence-electron chi connectivity index (χ4n) is 1.19. The van der Waals surface area contributed by atoms with Crippen molar-refractivity contribution in [2.45, 2.75) is 6.18 Å². The predicted molar refractivity (Wildman–Crippen MR) is 45.6 cm³/mol. The standard InChI is InChI=1S/C10H5F3N/c11-10(12,13)8-3-4-9-7(6-8)2-1-5-14-9/h1,3-6H. The van der Waals surface area contributed by atoms with E-state index in [0.717, 1.165) is 12.1 Å². The molecule has 1 radical (unpaired) electrons. The number of nitrogens with zero attached hydrogens (tertiary/aromatic N) is 1. The Bertz CT molecular complexity index is 462. The summed E-state index contributed by atoms with van der Waals surface area (Å²) in [6, 6.07) is 7.59. The van der Waals surface area contributed by atoms with E-state index in [0.29, 0.717) is 10.9 Å². The molecule has 0 saturated carbocycles. The van der Waals surface area contributed by atoms with Crippen LogP contribution in [-0.4, -0.2) is 4.98 Å². The molecular formula is C10H5F3N. The molecule has 0 aliphatic carbocycles. The summed E-state index contributed by atoms with van der Waals surface area (Å²) >= 11 is 0. The molecule has 0 fully saturated rings. The van der Waals surface area contributed by atoms with E-state index in [-0.39, 0.29) is 0 Å². The van der Waals surface area contributed by atoms with Crippen molar-refractivity contribution >= 4 is 10.9 Å². The number of pyridine rings is 1. The average Bonchev–Trinajstić information content (AvgIpc) is 2.16. The van der Waals surface area contributed by atoms with Gasteiger partial charge in [0.25, 0.3) is 0 Å². The summed E-state index contributed by atoms with van der Waals surface area (Å²) in [4.78, 5) is 3.91. The average molecular weight is 196 g/mol. The predicted octanol–water partition coefficient (Wildman–Crippen LogP) is 3.05. The first-order valence-corrected chi connectivity index (χ1v) is 3.91. The molecule has 0 aliphatic heterocycles. The van der Waals surface area contributed by atoms with E-state index in [4.69, 9.17) is 0 Å². The van der Waals surface area contributed by atoms with Gasteiger partial charge in [-0.1, -0.05) is 0 Å². The maximum Gasteiger partial charge on any atom is 0.416 e. The molecule has 0 amide bonds. The zero-order valence-corrected chi connectivity index (χ0v) is 6.97. The summed E-state index contributed by atoms with van der Waals surface area (Å²) in [5.74, 6) is 0. The van der Waals surface area contributed by atoms with E-state index in [1.54, 1.807) is 0 Å². The summed E-state index contributed by atoms with van der Waals surface area (Å²) < 4.78 is 36.8. The molecule has 1 aromatic heterocycles. The van der Waals surface area contributed by atoms with Crippen LogP contribution in [0.5, 0.6) is 0 Å². The van der Waals surface area contributed by atoms with Gasteiger partial charge < -0.3 is 0 Å². The van der Waals surface area contributed by atoms with Gasteiger partial charge >= 0.3 is 6.18 Å². The van der Waals surface area contributed by atoms with Crippen LogP contribution in [0.3, 0.4) is 0 Å². The number of aromatic nitrogens is 1. The van der Waals surface area contributed by atoms with E-state index < -0.39 is 11.7 Å². The monoisotopic (exact) mass is 196 g/mol. The van der Waals surface area contributed by atoms with Crippen molar-refractivity contribution in [3.05, 3.63) is 42.1 Å². The van der Waals surface area contributed by atoms with Crippen LogP contribution in [-0.2, 0) is 6.18 Å². The highest BCUT2D eigenvalue weighted by atomic mass is 19.4.